The zero-order valence-corrected chi connectivity index (χ0v) is 16.3. The number of hydrogen-bond donors (Lipinski definition) is 4. The minimum Gasteiger partial charge on any atom is -0.368 e. The Hall–Kier alpha value is -2.56. The number of likely N-dealkylation sites (tertiary alicyclic amines) is 1. The van der Waals surface area contributed by atoms with Gasteiger partial charge in [-0.15, -0.1) is 11.8 Å². The first-order valence-electron chi connectivity index (χ1n) is 9.16. The lowest BCUT2D eigenvalue weighted by atomic mass is 10.1. The molecular formula is C17H24N6O4S. The standard InChI is InChI=1S/C17H24N6O4S/c1-9-15(25)22-12(7-28-9)16(26)21-11(5-10-6-19-8-20-10)17(27)23-4-2-3-13(23)14(18)24/h6,8-9,11-13H,2-5,7H2,1H3,(H2,18,24)(H,19,20)(H,21,26)(H,22,25)/t9-,11+,12+,13+/m0/s1. The maximum absolute atomic E-state index is 13.1. The third kappa shape index (κ3) is 4.46. The number of amides is 4. The summed E-state index contributed by atoms with van der Waals surface area (Å²) in [6.45, 7) is 2.19. The van der Waals surface area contributed by atoms with Gasteiger partial charge in [0.1, 0.15) is 18.1 Å². The van der Waals surface area contributed by atoms with E-state index in [0.717, 1.165) is 0 Å². The molecule has 0 radical (unpaired) electrons. The number of aromatic amines is 1. The summed E-state index contributed by atoms with van der Waals surface area (Å²) < 4.78 is 0. The van der Waals surface area contributed by atoms with Gasteiger partial charge in [-0.25, -0.2) is 4.98 Å². The van der Waals surface area contributed by atoms with Gasteiger partial charge in [0, 0.05) is 30.6 Å². The van der Waals surface area contributed by atoms with Gasteiger partial charge in [-0.1, -0.05) is 0 Å². The summed E-state index contributed by atoms with van der Waals surface area (Å²) in [4.78, 5) is 57.6. The summed E-state index contributed by atoms with van der Waals surface area (Å²) in [5.41, 5.74) is 6.09. The van der Waals surface area contributed by atoms with Gasteiger partial charge in [-0.05, 0) is 19.8 Å². The van der Waals surface area contributed by atoms with Crippen LogP contribution in [0.25, 0.3) is 0 Å². The maximum Gasteiger partial charge on any atom is 0.246 e. The maximum atomic E-state index is 13.1. The van der Waals surface area contributed by atoms with Gasteiger partial charge in [0.05, 0.1) is 11.6 Å². The number of nitrogens with zero attached hydrogens (tertiary/aromatic N) is 2. The van der Waals surface area contributed by atoms with E-state index in [2.05, 4.69) is 20.6 Å². The third-order valence-electron chi connectivity index (χ3n) is 4.97. The van der Waals surface area contributed by atoms with E-state index in [9.17, 15) is 19.2 Å². The molecule has 152 valence electrons. The van der Waals surface area contributed by atoms with E-state index in [0.29, 0.717) is 30.8 Å². The van der Waals surface area contributed by atoms with Crippen molar-refractivity contribution in [3.8, 4) is 0 Å². The molecule has 0 saturated carbocycles. The fourth-order valence-electron chi connectivity index (χ4n) is 3.40. The Morgan fingerprint density at radius 1 is 1.46 bits per heavy atom. The van der Waals surface area contributed by atoms with E-state index in [1.165, 1.54) is 23.0 Å². The van der Waals surface area contributed by atoms with Gasteiger partial charge in [0.15, 0.2) is 0 Å². The Morgan fingerprint density at radius 2 is 2.25 bits per heavy atom. The summed E-state index contributed by atoms with van der Waals surface area (Å²) in [6, 6.07) is -2.27. The predicted octanol–water partition coefficient (Wildman–Crippen LogP) is -1.47. The first-order valence-corrected chi connectivity index (χ1v) is 10.2. The number of thioether (sulfide) groups is 1. The number of hydrogen-bond acceptors (Lipinski definition) is 6. The van der Waals surface area contributed by atoms with Crippen LogP contribution in [0.2, 0.25) is 0 Å². The molecule has 2 fully saturated rings. The Balaban J connectivity index is 1.73. The normalized spacial score (nSPS) is 25.8. The lowest BCUT2D eigenvalue weighted by Gasteiger charge is -2.30. The van der Waals surface area contributed by atoms with Crippen LogP contribution in [0.1, 0.15) is 25.5 Å². The van der Waals surface area contributed by atoms with E-state index in [1.807, 2.05) is 0 Å². The van der Waals surface area contributed by atoms with E-state index in [1.54, 1.807) is 13.1 Å². The SMILES string of the molecule is C[C@@H]1SC[C@H](C(=O)N[C@H](Cc2cnc[nH]2)C(=O)N2CCC[C@@H]2C(N)=O)NC1=O. The van der Waals surface area contributed by atoms with E-state index < -0.39 is 29.9 Å². The van der Waals surface area contributed by atoms with E-state index >= 15 is 0 Å². The number of carbonyl (C=O) groups excluding carboxylic acids is 4. The molecule has 28 heavy (non-hydrogen) atoms. The number of rotatable bonds is 6. The molecule has 2 saturated heterocycles. The smallest absolute Gasteiger partial charge is 0.246 e. The first-order chi connectivity index (χ1) is 13.4. The van der Waals surface area contributed by atoms with Crippen LogP contribution in [0, 0.1) is 0 Å². The van der Waals surface area contributed by atoms with Crippen LogP contribution in [0.4, 0.5) is 0 Å². The van der Waals surface area contributed by atoms with Gasteiger partial charge in [0.2, 0.25) is 23.6 Å². The van der Waals surface area contributed by atoms with Crippen LogP contribution >= 0.6 is 11.8 Å². The quantitative estimate of drug-likeness (QED) is 0.451. The van der Waals surface area contributed by atoms with Crippen molar-refractivity contribution in [3.63, 3.8) is 0 Å². The van der Waals surface area contributed by atoms with E-state index in [-0.39, 0.29) is 23.5 Å². The zero-order valence-electron chi connectivity index (χ0n) is 15.5. The molecule has 10 nitrogen and oxygen atoms in total. The fraction of sp³-hybridized carbons (Fsp3) is 0.588. The largest absolute Gasteiger partial charge is 0.368 e. The molecule has 1 aromatic rings. The second-order valence-corrected chi connectivity index (χ2v) is 8.34. The second kappa shape index (κ2) is 8.63. The molecule has 11 heteroatoms. The summed E-state index contributed by atoms with van der Waals surface area (Å²) in [5, 5.41) is 5.20. The van der Waals surface area contributed by atoms with E-state index in [4.69, 9.17) is 5.73 Å². The van der Waals surface area contributed by atoms with Gasteiger partial charge in [-0.2, -0.15) is 0 Å². The number of carbonyl (C=O) groups is 4. The van der Waals surface area contributed by atoms with Crippen molar-refractivity contribution in [2.75, 3.05) is 12.3 Å². The van der Waals surface area contributed by atoms with Crippen molar-refractivity contribution >= 4 is 35.4 Å². The number of H-pyrrole nitrogens is 1. The van der Waals surface area contributed by atoms with Crippen molar-refractivity contribution in [3.05, 3.63) is 18.2 Å². The Morgan fingerprint density at radius 3 is 2.89 bits per heavy atom. The zero-order chi connectivity index (χ0) is 20.3. The van der Waals surface area contributed by atoms with Crippen LogP contribution < -0.4 is 16.4 Å². The van der Waals surface area contributed by atoms with Gasteiger partial charge >= 0.3 is 0 Å². The Labute approximate surface area is 166 Å². The second-order valence-electron chi connectivity index (χ2n) is 6.97. The van der Waals surface area contributed by atoms with Crippen molar-refractivity contribution in [2.45, 2.75) is 49.6 Å². The van der Waals surface area contributed by atoms with Crippen molar-refractivity contribution < 1.29 is 19.2 Å². The Kier molecular flexibility index (Phi) is 6.22. The number of imidazole rings is 1. The molecule has 3 heterocycles. The average Bonchev–Trinajstić information content (AvgIpc) is 3.34. The third-order valence-corrected chi connectivity index (χ3v) is 6.21. The summed E-state index contributed by atoms with van der Waals surface area (Å²) in [6.07, 6.45) is 4.44. The van der Waals surface area contributed by atoms with Gasteiger partial charge in [0.25, 0.3) is 0 Å². The summed E-state index contributed by atoms with van der Waals surface area (Å²) >= 11 is 1.39. The number of nitrogens with one attached hydrogen (secondary N) is 3. The molecule has 4 amide bonds. The number of primary amides is 1. The highest BCUT2D eigenvalue weighted by atomic mass is 32.2. The van der Waals surface area contributed by atoms with Crippen LogP contribution in [0.5, 0.6) is 0 Å². The molecule has 3 rings (SSSR count). The van der Waals surface area contributed by atoms with Crippen LogP contribution in [0.3, 0.4) is 0 Å². The summed E-state index contributed by atoms with van der Waals surface area (Å²) in [7, 11) is 0. The molecule has 0 aliphatic carbocycles. The van der Waals surface area contributed by atoms with Crippen LogP contribution in [-0.2, 0) is 25.6 Å². The molecule has 0 unspecified atom stereocenters. The van der Waals surface area contributed by atoms with Crippen LogP contribution in [-0.4, -0.2) is 74.2 Å². The molecule has 1 aromatic heterocycles. The topological polar surface area (TPSA) is 150 Å². The predicted molar refractivity (Wildman–Crippen MR) is 102 cm³/mol. The van der Waals surface area contributed by atoms with Crippen LogP contribution in [0.15, 0.2) is 12.5 Å². The van der Waals surface area contributed by atoms with Gasteiger partial charge < -0.3 is 26.3 Å². The molecule has 4 atom stereocenters. The minimum atomic E-state index is -0.894. The number of nitrogens with two attached hydrogens (primary N) is 1. The molecule has 0 bridgehead atoms. The highest BCUT2D eigenvalue weighted by Gasteiger charge is 2.38. The monoisotopic (exact) mass is 408 g/mol. The average molecular weight is 408 g/mol. The Bertz CT molecular complexity index is 755. The summed E-state index contributed by atoms with van der Waals surface area (Å²) in [5.74, 6) is -1.13. The van der Waals surface area contributed by atoms with Crippen molar-refractivity contribution in [1.82, 2.24) is 25.5 Å². The van der Waals surface area contributed by atoms with Crippen molar-refractivity contribution in [2.24, 2.45) is 5.73 Å². The molecule has 5 N–H and O–H groups in total. The molecule has 0 spiro atoms. The lowest BCUT2D eigenvalue weighted by molar-refractivity contribution is -0.141. The highest BCUT2D eigenvalue weighted by molar-refractivity contribution is 8.00. The molecule has 0 aromatic carbocycles. The first kappa shape index (κ1) is 20.2. The highest BCUT2D eigenvalue weighted by Crippen LogP contribution is 2.20. The molecule has 2 aliphatic rings. The minimum absolute atomic E-state index is 0.191. The van der Waals surface area contributed by atoms with Crippen molar-refractivity contribution in [1.29, 1.82) is 0 Å². The lowest BCUT2D eigenvalue weighted by Crippen LogP contribution is -2.59. The van der Waals surface area contributed by atoms with Gasteiger partial charge in [-0.3, -0.25) is 19.2 Å². The fourth-order valence-corrected chi connectivity index (χ4v) is 4.34. The number of aromatic nitrogens is 2. The molecule has 2 aliphatic heterocycles. The molecular weight excluding hydrogens is 384 g/mol.